The maximum atomic E-state index is 12.8. The quantitative estimate of drug-likeness (QED) is 0.747. The molecule has 25 heavy (non-hydrogen) atoms. The highest BCUT2D eigenvalue weighted by atomic mass is 32.2. The Bertz CT molecular complexity index is 672. The second-order valence-electron chi connectivity index (χ2n) is 6.29. The molecule has 1 fully saturated rings. The standard InChI is InChI=1S/C17H27N3O4S/c1-4-15(5-2)24-17(21)16-8-6-7-11-20(16)25(22,23)19-14-10-9-13(3)18-12-14/h9-10,12,15-16,19H,4-8,11H2,1-3H3/t16-/m0/s1. The van der Waals surface area contributed by atoms with E-state index in [1.165, 1.54) is 10.5 Å². The Morgan fingerprint density at radius 2 is 2.08 bits per heavy atom. The molecule has 0 bridgehead atoms. The Morgan fingerprint density at radius 3 is 2.68 bits per heavy atom. The molecule has 1 aromatic rings. The molecule has 0 aromatic carbocycles. The van der Waals surface area contributed by atoms with Crippen LogP contribution in [0.5, 0.6) is 0 Å². The summed E-state index contributed by atoms with van der Waals surface area (Å²) >= 11 is 0. The monoisotopic (exact) mass is 369 g/mol. The third kappa shape index (κ3) is 5.15. The SMILES string of the molecule is CCC(CC)OC(=O)[C@@H]1CCCCN1S(=O)(=O)Nc1ccc(C)nc1. The number of aromatic nitrogens is 1. The predicted octanol–water partition coefficient (Wildman–Crippen LogP) is 2.63. The maximum absolute atomic E-state index is 12.8. The zero-order valence-corrected chi connectivity index (χ0v) is 15.9. The van der Waals surface area contributed by atoms with Crippen molar-refractivity contribution in [2.75, 3.05) is 11.3 Å². The Hall–Kier alpha value is -1.67. The van der Waals surface area contributed by atoms with Crippen molar-refractivity contribution in [3.8, 4) is 0 Å². The molecular formula is C17H27N3O4S. The van der Waals surface area contributed by atoms with Gasteiger partial charge in [0.15, 0.2) is 0 Å². The molecule has 2 rings (SSSR count). The molecule has 8 heteroatoms. The van der Waals surface area contributed by atoms with E-state index in [1.807, 2.05) is 20.8 Å². The summed E-state index contributed by atoms with van der Waals surface area (Å²) in [4.78, 5) is 16.6. The van der Waals surface area contributed by atoms with Crippen molar-refractivity contribution >= 4 is 21.9 Å². The van der Waals surface area contributed by atoms with Crippen molar-refractivity contribution in [3.05, 3.63) is 24.0 Å². The molecule has 1 saturated heterocycles. The number of rotatable bonds is 7. The van der Waals surface area contributed by atoms with E-state index in [9.17, 15) is 13.2 Å². The normalized spacial score (nSPS) is 19.0. The molecule has 0 saturated carbocycles. The second-order valence-corrected chi connectivity index (χ2v) is 7.92. The number of nitrogens with one attached hydrogen (secondary N) is 1. The van der Waals surface area contributed by atoms with E-state index in [0.29, 0.717) is 18.7 Å². The van der Waals surface area contributed by atoms with E-state index in [4.69, 9.17) is 4.74 Å². The van der Waals surface area contributed by atoms with Gasteiger partial charge in [-0.05, 0) is 51.2 Å². The van der Waals surface area contributed by atoms with Gasteiger partial charge in [-0.3, -0.25) is 14.5 Å². The van der Waals surface area contributed by atoms with Gasteiger partial charge in [0.2, 0.25) is 0 Å². The van der Waals surface area contributed by atoms with Crippen molar-refractivity contribution in [2.24, 2.45) is 0 Å². The van der Waals surface area contributed by atoms with Crippen molar-refractivity contribution in [3.63, 3.8) is 0 Å². The van der Waals surface area contributed by atoms with Gasteiger partial charge in [0, 0.05) is 12.2 Å². The van der Waals surface area contributed by atoms with Crippen LogP contribution in [0, 0.1) is 6.92 Å². The molecule has 0 spiro atoms. The molecule has 0 radical (unpaired) electrons. The first-order valence-corrected chi connectivity index (χ1v) is 10.2. The lowest BCUT2D eigenvalue weighted by molar-refractivity contribution is -0.155. The van der Waals surface area contributed by atoms with E-state index in [1.54, 1.807) is 12.1 Å². The van der Waals surface area contributed by atoms with E-state index in [0.717, 1.165) is 31.4 Å². The lowest BCUT2D eigenvalue weighted by Crippen LogP contribution is -2.51. The van der Waals surface area contributed by atoms with Gasteiger partial charge < -0.3 is 4.74 Å². The van der Waals surface area contributed by atoms with E-state index in [-0.39, 0.29) is 6.10 Å². The van der Waals surface area contributed by atoms with E-state index in [2.05, 4.69) is 9.71 Å². The summed E-state index contributed by atoms with van der Waals surface area (Å²) in [6.07, 6.45) is 4.74. The summed E-state index contributed by atoms with van der Waals surface area (Å²) in [6.45, 7) is 6.02. The summed E-state index contributed by atoms with van der Waals surface area (Å²) in [5, 5.41) is 0. The minimum atomic E-state index is -3.85. The number of esters is 1. The van der Waals surface area contributed by atoms with Crippen LogP contribution in [0.1, 0.15) is 51.6 Å². The lowest BCUT2D eigenvalue weighted by atomic mass is 10.1. The summed E-state index contributed by atoms with van der Waals surface area (Å²) in [6, 6.07) is 2.61. The molecule has 7 nitrogen and oxygen atoms in total. The smallest absolute Gasteiger partial charge is 0.324 e. The number of carbonyl (C=O) groups excluding carboxylic acids is 1. The minimum absolute atomic E-state index is 0.173. The third-order valence-electron chi connectivity index (χ3n) is 4.39. The fourth-order valence-electron chi connectivity index (χ4n) is 2.86. The Morgan fingerprint density at radius 1 is 1.36 bits per heavy atom. The van der Waals surface area contributed by atoms with Crippen LogP contribution < -0.4 is 4.72 Å². The van der Waals surface area contributed by atoms with Crippen LogP contribution in [0.25, 0.3) is 0 Å². The molecule has 1 atom stereocenters. The summed E-state index contributed by atoms with van der Waals surface area (Å²) < 4.78 is 34.7. The highest BCUT2D eigenvalue weighted by Gasteiger charge is 2.38. The molecule has 0 amide bonds. The fraction of sp³-hybridized carbons (Fsp3) is 0.647. The van der Waals surface area contributed by atoms with E-state index < -0.39 is 22.2 Å². The van der Waals surface area contributed by atoms with Crippen molar-refractivity contribution in [1.29, 1.82) is 0 Å². The van der Waals surface area contributed by atoms with Crippen LogP contribution in [0.4, 0.5) is 5.69 Å². The van der Waals surface area contributed by atoms with E-state index >= 15 is 0 Å². The van der Waals surface area contributed by atoms with Crippen LogP contribution in [0.15, 0.2) is 18.3 Å². The second kappa shape index (κ2) is 8.62. The molecule has 1 aromatic heterocycles. The highest BCUT2D eigenvalue weighted by molar-refractivity contribution is 7.90. The summed E-state index contributed by atoms with van der Waals surface area (Å²) in [5.74, 6) is -0.458. The van der Waals surface area contributed by atoms with Gasteiger partial charge in [0.25, 0.3) is 0 Å². The zero-order chi connectivity index (χ0) is 18.4. The first-order chi connectivity index (χ1) is 11.9. The third-order valence-corrected chi connectivity index (χ3v) is 5.93. The Kier molecular flexibility index (Phi) is 6.78. The van der Waals surface area contributed by atoms with Gasteiger partial charge in [0.1, 0.15) is 12.1 Å². The van der Waals surface area contributed by atoms with Gasteiger partial charge in [-0.2, -0.15) is 12.7 Å². The molecule has 1 aliphatic heterocycles. The first kappa shape index (κ1) is 19.7. The molecule has 1 aliphatic rings. The van der Waals surface area contributed by atoms with Crippen LogP contribution in [-0.2, 0) is 19.7 Å². The van der Waals surface area contributed by atoms with Crippen molar-refractivity contribution in [1.82, 2.24) is 9.29 Å². The fourth-order valence-corrected chi connectivity index (χ4v) is 4.29. The summed E-state index contributed by atoms with van der Waals surface area (Å²) in [5.41, 5.74) is 1.18. The zero-order valence-electron chi connectivity index (χ0n) is 15.1. The number of ether oxygens (including phenoxy) is 1. The molecule has 0 unspecified atom stereocenters. The van der Waals surface area contributed by atoms with Crippen LogP contribution in [-0.4, -0.2) is 42.4 Å². The number of anilines is 1. The number of hydrogen-bond donors (Lipinski definition) is 1. The Labute approximate surface area is 150 Å². The molecule has 1 N–H and O–H groups in total. The number of piperidine rings is 1. The number of carbonyl (C=O) groups is 1. The van der Waals surface area contributed by atoms with Gasteiger partial charge in [0.05, 0.1) is 11.9 Å². The number of hydrogen-bond acceptors (Lipinski definition) is 5. The molecule has 140 valence electrons. The highest BCUT2D eigenvalue weighted by Crippen LogP contribution is 2.24. The average Bonchev–Trinajstić information content (AvgIpc) is 2.61. The van der Waals surface area contributed by atoms with Gasteiger partial charge >= 0.3 is 16.2 Å². The number of pyridine rings is 1. The molecule has 0 aliphatic carbocycles. The van der Waals surface area contributed by atoms with Crippen LogP contribution >= 0.6 is 0 Å². The first-order valence-electron chi connectivity index (χ1n) is 8.80. The number of nitrogens with zero attached hydrogens (tertiary/aromatic N) is 2. The maximum Gasteiger partial charge on any atom is 0.324 e. The molecule has 2 heterocycles. The lowest BCUT2D eigenvalue weighted by Gasteiger charge is -2.33. The van der Waals surface area contributed by atoms with Crippen LogP contribution in [0.3, 0.4) is 0 Å². The van der Waals surface area contributed by atoms with Crippen molar-refractivity contribution in [2.45, 2.75) is 65.0 Å². The molecular weight excluding hydrogens is 342 g/mol. The van der Waals surface area contributed by atoms with Crippen LogP contribution in [0.2, 0.25) is 0 Å². The number of aryl methyl sites for hydroxylation is 1. The van der Waals surface area contributed by atoms with Crippen molar-refractivity contribution < 1.29 is 17.9 Å². The van der Waals surface area contributed by atoms with Gasteiger partial charge in [-0.25, -0.2) is 0 Å². The van der Waals surface area contributed by atoms with Gasteiger partial charge in [-0.1, -0.05) is 13.8 Å². The Balaban J connectivity index is 2.15. The summed E-state index contributed by atoms with van der Waals surface area (Å²) in [7, 11) is -3.85. The minimum Gasteiger partial charge on any atom is -0.461 e. The average molecular weight is 369 g/mol. The predicted molar refractivity (Wildman–Crippen MR) is 96.3 cm³/mol. The topological polar surface area (TPSA) is 88.6 Å². The largest absolute Gasteiger partial charge is 0.461 e. The van der Waals surface area contributed by atoms with Gasteiger partial charge in [-0.15, -0.1) is 0 Å².